The van der Waals surface area contributed by atoms with Crippen LogP contribution in [0.25, 0.3) is 0 Å². The van der Waals surface area contributed by atoms with Crippen molar-refractivity contribution < 1.29 is 8.78 Å². The van der Waals surface area contributed by atoms with Crippen LogP contribution in [-0.2, 0) is 5.41 Å². The Morgan fingerprint density at radius 2 is 2.21 bits per heavy atom. The van der Waals surface area contributed by atoms with Crippen LogP contribution in [0.5, 0.6) is 0 Å². The van der Waals surface area contributed by atoms with Gasteiger partial charge in [0.05, 0.1) is 0 Å². The molecule has 1 nitrogen and oxygen atoms in total. The highest BCUT2D eigenvalue weighted by molar-refractivity contribution is 5.34. The van der Waals surface area contributed by atoms with E-state index in [2.05, 4.69) is 0 Å². The molecule has 1 aromatic rings. The van der Waals surface area contributed by atoms with Crippen molar-refractivity contribution in [3.05, 3.63) is 35.4 Å². The molecule has 2 N–H and O–H groups in total. The van der Waals surface area contributed by atoms with Crippen molar-refractivity contribution in [2.45, 2.75) is 18.8 Å². The molecule has 1 fully saturated rings. The molecule has 14 heavy (non-hydrogen) atoms. The third-order valence-corrected chi connectivity index (χ3v) is 3.24. The summed E-state index contributed by atoms with van der Waals surface area (Å²) in [5.74, 6) is -0.647. The Kier molecular flexibility index (Phi) is 2.07. The first-order chi connectivity index (χ1) is 6.58. The van der Waals surface area contributed by atoms with Gasteiger partial charge in [-0.3, -0.25) is 0 Å². The first-order valence-corrected chi connectivity index (χ1v) is 4.73. The molecule has 76 valence electrons. The molecular formula is C11H13F2N. The zero-order valence-electron chi connectivity index (χ0n) is 8.06. The number of hydrogen-bond donors (Lipinski definition) is 1. The normalized spacial score (nSPS) is 30.4. The summed E-state index contributed by atoms with van der Waals surface area (Å²) in [6.07, 6.45) is 0.895. The van der Waals surface area contributed by atoms with E-state index in [4.69, 9.17) is 5.73 Å². The van der Waals surface area contributed by atoms with Gasteiger partial charge in [-0.2, -0.15) is 0 Å². The molecule has 0 bridgehead atoms. The Morgan fingerprint density at radius 3 is 2.71 bits per heavy atom. The van der Waals surface area contributed by atoms with Crippen molar-refractivity contribution in [1.29, 1.82) is 0 Å². The van der Waals surface area contributed by atoms with Gasteiger partial charge in [0.2, 0.25) is 0 Å². The Labute approximate surface area is 81.9 Å². The summed E-state index contributed by atoms with van der Waals surface area (Å²) in [4.78, 5) is 0. The van der Waals surface area contributed by atoms with Gasteiger partial charge >= 0.3 is 0 Å². The van der Waals surface area contributed by atoms with Crippen molar-refractivity contribution in [3.63, 3.8) is 0 Å². The lowest BCUT2D eigenvalue weighted by atomic mass is 9.95. The molecule has 2 unspecified atom stereocenters. The van der Waals surface area contributed by atoms with E-state index in [0.29, 0.717) is 18.0 Å². The summed E-state index contributed by atoms with van der Waals surface area (Å²) in [7, 11) is 0. The summed E-state index contributed by atoms with van der Waals surface area (Å²) in [5, 5.41) is 0. The van der Waals surface area contributed by atoms with E-state index >= 15 is 0 Å². The van der Waals surface area contributed by atoms with Gasteiger partial charge in [0, 0.05) is 6.07 Å². The second-order valence-electron chi connectivity index (χ2n) is 4.18. The molecule has 3 heteroatoms. The summed E-state index contributed by atoms with van der Waals surface area (Å²) in [5.41, 5.74) is 5.95. The second-order valence-corrected chi connectivity index (χ2v) is 4.18. The van der Waals surface area contributed by atoms with E-state index < -0.39 is 11.6 Å². The third-order valence-electron chi connectivity index (χ3n) is 3.24. The van der Waals surface area contributed by atoms with E-state index in [-0.39, 0.29) is 5.41 Å². The average Bonchev–Trinajstić information content (AvgIpc) is 2.77. The lowest BCUT2D eigenvalue weighted by molar-refractivity contribution is 0.544. The van der Waals surface area contributed by atoms with Gasteiger partial charge in [0.1, 0.15) is 11.6 Å². The lowest BCUT2D eigenvalue weighted by Gasteiger charge is -2.12. The van der Waals surface area contributed by atoms with Crippen molar-refractivity contribution in [1.82, 2.24) is 0 Å². The van der Waals surface area contributed by atoms with Crippen molar-refractivity contribution >= 4 is 0 Å². The summed E-state index contributed by atoms with van der Waals surface area (Å²) < 4.78 is 26.1. The Balaban J connectivity index is 2.34. The van der Waals surface area contributed by atoms with E-state index in [1.54, 1.807) is 0 Å². The molecular weight excluding hydrogens is 184 g/mol. The number of halogens is 2. The molecule has 2 atom stereocenters. The van der Waals surface area contributed by atoms with Crippen LogP contribution < -0.4 is 5.73 Å². The zero-order chi connectivity index (χ0) is 10.3. The summed E-state index contributed by atoms with van der Waals surface area (Å²) >= 11 is 0. The number of rotatable bonds is 2. The highest BCUT2D eigenvalue weighted by Crippen LogP contribution is 2.53. The predicted molar refractivity (Wildman–Crippen MR) is 50.9 cm³/mol. The maximum Gasteiger partial charge on any atom is 0.129 e. The Bertz CT molecular complexity index is 364. The molecule has 0 heterocycles. The average molecular weight is 197 g/mol. The first-order valence-electron chi connectivity index (χ1n) is 4.73. The minimum Gasteiger partial charge on any atom is -0.330 e. The van der Waals surface area contributed by atoms with E-state index in [1.807, 2.05) is 6.92 Å². The lowest BCUT2D eigenvalue weighted by Crippen LogP contribution is -2.13. The molecule has 0 aromatic heterocycles. The quantitative estimate of drug-likeness (QED) is 0.772. The molecule has 1 saturated carbocycles. The number of benzene rings is 1. The van der Waals surface area contributed by atoms with Crippen LogP contribution in [0.15, 0.2) is 18.2 Å². The van der Waals surface area contributed by atoms with Gasteiger partial charge in [-0.1, -0.05) is 13.0 Å². The van der Waals surface area contributed by atoms with Crippen LogP contribution in [0.2, 0.25) is 0 Å². The highest BCUT2D eigenvalue weighted by atomic mass is 19.1. The summed E-state index contributed by atoms with van der Waals surface area (Å²) in [6.45, 7) is 2.54. The maximum absolute atomic E-state index is 13.4. The van der Waals surface area contributed by atoms with Crippen LogP contribution >= 0.6 is 0 Å². The molecule has 0 aliphatic heterocycles. The fourth-order valence-corrected chi connectivity index (χ4v) is 2.08. The van der Waals surface area contributed by atoms with Gasteiger partial charge in [-0.15, -0.1) is 0 Å². The number of hydrogen-bond acceptors (Lipinski definition) is 1. The van der Waals surface area contributed by atoms with Crippen LogP contribution in [0.3, 0.4) is 0 Å². The van der Waals surface area contributed by atoms with E-state index in [1.165, 1.54) is 12.1 Å². The van der Waals surface area contributed by atoms with E-state index in [0.717, 1.165) is 12.5 Å². The Morgan fingerprint density at radius 1 is 1.50 bits per heavy atom. The molecule has 1 aromatic carbocycles. The molecule has 0 spiro atoms. The van der Waals surface area contributed by atoms with Crippen LogP contribution in [-0.4, -0.2) is 6.54 Å². The predicted octanol–water partition coefficient (Wildman–Crippen LogP) is 2.20. The second kappa shape index (κ2) is 3.02. The van der Waals surface area contributed by atoms with Crippen molar-refractivity contribution in [2.75, 3.05) is 6.54 Å². The molecule has 1 aliphatic carbocycles. The minimum absolute atomic E-state index is 0.174. The zero-order valence-corrected chi connectivity index (χ0v) is 8.06. The maximum atomic E-state index is 13.4. The van der Waals surface area contributed by atoms with Crippen LogP contribution in [0.1, 0.15) is 18.9 Å². The molecule has 0 radical (unpaired) electrons. The van der Waals surface area contributed by atoms with Gasteiger partial charge in [0.25, 0.3) is 0 Å². The highest BCUT2D eigenvalue weighted by Gasteiger charge is 2.51. The van der Waals surface area contributed by atoms with Crippen molar-refractivity contribution in [3.8, 4) is 0 Å². The molecule has 0 saturated heterocycles. The first kappa shape index (κ1) is 9.59. The standard InChI is InChI=1S/C11H13F2N/c1-11(5-7(11)6-14)9-3-2-8(12)4-10(9)13/h2-4,7H,5-6,14H2,1H3. The van der Waals surface area contributed by atoms with Crippen molar-refractivity contribution in [2.24, 2.45) is 11.7 Å². The summed E-state index contributed by atoms with van der Waals surface area (Å²) in [6, 6.07) is 3.77. The van der Waals surface area contributed by atoms with Gasteiger partial charge in [0.15, 0.2) is 0 Å². The van der Waals surface area contributed by atoms with Gasteiger partial charge in [-0.05, 0) is 35.9 Å². The Hall–Kier alpha value is -0.960. The number of nitrogens with two attached hydrogens (primary N) is 1. The third kappa shape index (κ3) is 1.32. The van der Waals surface area contributed by atoms with Gasteiger partial charge < -0.3 is 5.73 Å². The smallest absolute Gasteiger partial charge is 0.129 e. The molecule has 1 aliphatic rings. The molecule has 2 rings (SSSR count). The fraction of sp³-hybridized carbons (Fsp3) is 0.455. The topological polar surface area (TPSA) is 26.0 Å². The minimum atomic E-state index is -0.528. The monoisotopic (exact) mass is 197 g/mol. The fourth-order valence-electron chi connectivity index (χ4n) is 2.08. The van der Waals surface area contributed by atoms with Gasteiger partial charge in [-0.25, -0.2) is 8.78 Å². The van der Waals surface area contributed by atoms with Crippen LogP contribution in [0.4, 0.5) is 8.78 Å². The SMILES string of the molecule is CC1(c2ccc(F)cc2F)CC1CN. The van der Waals surface area contributed by atoms with Crippen LogP contribution in [0, 0.1) is 17.6 Å². The largest absolute Gasteiger partial charge is 0.330 e. The molecule has 0 amide bonds. The van der Waals surface area contributed by atoms with E-state index in [9.17, 15) is 8.78 Å².